The second kappa shape index (κ2) is 11.0. The predicted molar refractivity (Wildman–Crippen MR) is 115 cm³/mol. The van der Waals surface area contributed by atoms with Crippen molar-refractivity contribution in [1.29, 1.82) is 0 Å². The predicted octanol–water partition coefficient (Wildman–Crippen LogP) is 3.65. The summed E-state index contributed by atoms with van der Waals surface area (Å²) in [5.74, 6) is -0.463. The molecule has 1 N–H and O–H groups in total. The minimum Gasteiger partial charge on any atom is -0.493 e. The van der Waals surface area contributed by atoms with Crippen molar-refractivity contribution in [3.05, 3.63) is 52.4 Å². The Kier molecular flexibility index (Phi) is 8.43. The van der Waals surface area contributed by atoms with Crippen LogP contribution in [0.1, 0.15) is 51.5 Å². The number of carbonyl (C=O) groups excluding carboxylic acids is 3. The van der Waals surface area contributed by atoms with Gasteiger partial charge in [-0.2, -0.15) is 0 Å². The van der Waals surface area contributed by atoms with E-state index in [0.717, 1.165) is 0 Å². The number of hydrogen-bond donors (Lipinski definition) is 1. The highest BCUT2D eigenvalue weighted by atomic mass is 16.5. The third-order valence-electron chi connectivity index (χ3n) is 4.44. The molecule has 0 saturated carbocycles. The summed E-state index contributed by atoms with van der Waals surface area (Å²) in [5, 5.41) is 0. The lowest BCUT2D eigenvalue weighted by Crippen LogP contribution is -2.14. The van der Waals surface area contributed by atoms with E-state index in [2.05, 4.69) is 4.98 Å². The average Bonchev–Trinajstić information content (AvgIpc) is 3.05. The molecule has 0 aliphatic heterocycles. The topological polar surface area (TPSA) is 104 Å². The van der Waals surface area contributed by atoms with Crippen LogP contribution < -0.4 is 9.47 Å². The quantitative estimate of drug-likeness (QED) is 0.349. The maximum Gasteiger partial charge on any atom is 0.355 e. The Hall–Kier alpha value is -3.55. The van der Waals surface area contributed by atoms with Crippen LogP contribution in [-0.2, 0) is 14.3 Å². The molecule has 0 aliphatic rings. The summed E-state index contributed by atoms with van der Waals surface area (Å²) in [6.45, 7) is 7.17. The zero-order chi connectivity index (χ0) is 23.0. The number of aromatic amines is 1. The Morgan fingerprint density at radius 3 is 2.42 bits per heavy atom. The average molecular weight is 429 g/mol. The van der Waals surface area contributed by atoms with E-state index >= 15 is 0 Å². The van der Waals surface area contributed by atoms with Crippen LogP contribution in [0.4, 0.5) is 0 Å². The van der Waals surface area contributed by atoms with Crippen LogP contribution in [-0.4, -0.2) is 49.6 Å². The Morgan fingerprint density at radius 2 is 1.77 bits per heavy atom. The summed E-state index contributed by atoms with van der Waals surface area (Å²) < 4.78 is 20.8. The largest absolute Gasteiger partial charge is 0.493 e. The van der Waals surface area contributed by atoms with Gasteiger partial charge in [0.05, 0.1) is 20.3 Å². The Morgan fingerprint density at radius 1 is 1.03 bits per heavy atom. The number of nitrogens with one attached hydrogen (secondary N) is 1. The fourth-order valence-electron chi connectivity index (χ4n) is 3.06. The highest BCUT2D eigenvalue weighted by Gasteiger charge is 2.23. The second-order valence-electron chi connectivity index (χ2n) is 6.55. The fraction of sp³-hybridized carbons (Fsp3) is 0.348. The molecule has 0 atom stereocenters. The number of hydrogen-bond acceptors (Lipinski definition) is 7. The lowest BCUT2D eigenvalue weighted by Gasteiger charge is -2.09. The maximum absolute atomic E-state index is 12.5. The number of esters is 2. The molecule has 1 aromatic heterocycles. The molecule has 2 aromatic rings. The molecule has 31 heavy (non-hydrogen) atoms. The van der Waals surface area contributed by atoms with E-state index in [-0.39, 0.29) is 12.3 Å². The highest BCUT2D eigenvalue weighted by molar-refractivity contribution is 6.04. The number of H-pyrrole nitrogens is 1. The first kappa shape index (κ1) is 23.7. The number of aromatic nitrogens is 1. The third-order valence-corrected chi connectivity index (χ3v) is 4.44. The van der Waals surface area contributed by atoms with E-state index in [9.17, 15) is 14.4 Å². The normalized spacial score (nSPS) is 10.7. The van der Waals surface area contributed by atoms with Crippen molar-refractivity contribution in [1.82, 2.24) is 4.98 Å². The van der Waals surface area contributed by atoms with Crippen molar-refractivity contribution < 1.29 is 33.3 Å². The molecule has 0 unspecified atom stereocenters. The highest BCUT2D eigenvalue weighted by Crippen LogP contribution is 2.28. The number of Topliss-reactive ketones (excluding diaryl/α,β-unsaturated/α-hetero) is 1. The van der Waals surface area contributed by atoms with Gasteiger partial charge in [0.15, 0.2) is 18.1 Å². The molecular weight excluding hydrogens is 402 g/mol. The van der Waals surface area contributed by atoms with Gasteiger partial charge in [0.1, 0.15) is 5.69 Å². The van der Waals surface area contributed by atoms with Gasteiger partial charge in [0.25, 0.3) is 0 Å². The van der Waals surface area contributed by atoms with E-state index < -0.39 is 24.3 Å². The molecule has 0 aliphatic carbocycles. The van der Waals surface area contributed by atoms with Crippen LogP contribution >= 0.6 is 0 Å². The molecule has 166 valence electrons. The van der Waals surface area contributed by atoms with Crippen LogP contribution in [0.5, 0.6) is 11.5 Å². The molecule has 0 spiro atoms. The number of methoxy groups -OCH3 is 1. The van der Waals surface area contributed by atoms with Gasteiger partial charge in [-0.05, 0) is 57.0 Å². The summed E-state index contributed by atoms with van der Waals surface area (Å²) >= 11 is 0. The first-order chi connectivity index (χ1) is 14.8. The zero-order valence-electron chi connectivity index (χ0n) is 18.4. The van der Waals surface area contributed by atoms with Crippen LogP contribution in [0.2, 0.25) is 0 Å². The number of rotatable bonds is 10. The van der Waals surface area contributed by atoms with E-state index in [1.807, 2.05) is 6.92 Å². The minimum absolute atomic E-state index is 0.221. The summed E-state index contributed by atoms with van der Waals surface area (Å²) in [6, 6.07) is 5.24. The van der Waals surface area contributed by atoms with Gasteiger partial charge in [-0.3, -0.25) is 4.79 Å². The minimum atomic E-state index is -0.669. The van der Waals surface area contributed by atoms with E-state index in [4.69, 9.17) is 18.9 Å². The summed E-state index contributed by atoms with van der Waals surface area (Å²) in [7, 11) is 1.53. The molecule has 0 amide bonds. The number of aryl methyl sites for hydroxylation is 1. The molecule has 1 aromatic carbocycles. The monoisotopic (exact) mass is 429 g/mol. The standard InChI is InChI=1S/C23H27NO7/c1-6-29-18-10-8-16(12-19(18)28-5)9-11-20(26)31-13-17(25)21-14(3)22(24-15(21)4)23(27)30-7-2/h8-12,24H,6-7,13H2,1-5H3/b11-9+. The van der Waals surface area contributed by atoms with Crippen molar-refractivity contribution in [3.8, 4) is 11.5 Å². The summed E-state index contributed by atoms with van der Waals surface area (Å²) in [4.78, 5) is 39.4. The molecule has 8 nitrogen and oxygen atoms in total. The Bertz CT molecular complexity index is 988. The van der Waals surface area contributed by atoms with Crippen LogP contribution in [0.15, 0.2) is 24.3 Å². The van der Waals surface area contributed by atoms with Crippen molar-refractivity contribution in [2.24, 2.45) is 0 Å². The Balaban J connectivity index is 2.02. The number of benzene rings is 1. The van der Waals surface area contributed by atoms with E-state index in [1.165, 1.54) is 13.2 Å². The molecule has 0 radical (unpaired) electrons. The number of ketones is 1. The van der Waals surface area contributed by atoms with Gasteiger partial charge < -0.3 is 23.9 Å². The first-order valence-corrected chi connectivity index (χ1v) is 9.87. The van der Waals surface area contributed by atoms with Crippen molar-refractivity contribution >= 4 is 23.8 Å². The van der Waals surface area contributed by atoms with Gasteiger partial charge in [0.2, 0.25) is 5.78 Å². The van der Waals surface area contributed by atoms with E-state index in [1.54, 1.807) is 45.0 Å². The fourth-order valence-corrected chi connectivity index (χ4v) is 3.06. The molecule has 0 fully saturated rings. The molecule has 0 bridgehead atoms. The summed E-state index contributed by atoms with van der Waals surface area (Å²) in [6.07, 6.45) is 2.78. The SMILES string of the molecule is CCOC(=O)c1[nH]c(C)c(C(=O)COC(=O)/C=C/c2ccc(OCC)c(OC)c2)c1C. The van der Waals surface area contributed by atoms with E-state index in [0.29, 0.717) is 40.5 Å². The summed E-state index contributed by atoms with van der Waals surface area (Å²) in [5.41, 5.74) is 2.22. The first-order valence-electron chi connectivity index (χ1n) is 9.87. The number of carbonyl (C=O) groups is 3. The van der Waals surface area contributed by atoms with Crippen molar-refractivity contribution in [2.75, 3.05) is 26.9 Å². The van der Waals surface area contributed by atoms with Gasteiger partial charge in [0, 0.05) is 17.3 Å². The van der Waals surface area contributed by atoms with Crippen LogP contribution in [0.25, 0.3) is 6.08 Å². The lowest BCUT2D eigenvalue weighted by atomic mass is 10.1. The molecule has 2 rings (SSSR count). The van der Waals surface area contributed by atoms with Crippen LogP contribution in [0.3, 0.4) is 0 Å². The molecule has 0 saturated heterocycles. The van der Waals surface area contributed by atoms with Gasteiger partial charge in [-0.25, -0.2) is 9.59 Å². The van der Waals surface area contributed by atoms with Gasteiger partial charge >= 0.3 is 11.9 Å². The van der Waals surface area contributed by atoms with Gasteiger partial charge in [-0.1, -0.05) is 6.07 Å². The molecule has 1 heterocycles. The van der Waals surface area contributed by atoms with Crippen molar-refractivity contribution in [3.63, 3.8) is 0 Å². The van der Waals surface area contributed by atoms with Gasteiger partial charge in [-0.15, -0.1) is 0 Å². The third kappa shape index (κ3) is 5.97. The Labute approximate surface area is 181 Å². The molecule has 8 heteroatoms. The second-order valence-corrected chi connectivity index (χ2v) is 6.55. The maximum atomic E-state index is 12.5. The smallest absolute Gasteiger partial charge is 0.355 e. The zero-order valence-corrected chi connectivity index (χ0v) is 18.4. The van der Waals surface area contributed by atoms with Crippen molar-refractivity contribution in [2.45, 2.75) is 27.7 Å². The van der Waals surface area contributed by atoms with Crippen LogP contribution in [0, 0.1) is 13.8 Å². The number of ether oxygens (including phenoxy) is 4. The molecular formula is C23H27NO7. The lowest BCUT2D eigenvalue weighted by molar-refractivity contribution is -0.136.